The molecule has 3 amide bonds. The van der Waals surface area contributed by atoms with E-state index in [4.69, 9.17) is 17.0 Å². The predicted molar refractivity (Wildman–Crippen MR) is 175 cm³/mol. The summed E-state index contributed by atoms with van der Waals surface area (Å²) in [6, 6.07) is 16.1. The van der Waals surface area contributed by atoms with Gasteiger partial charge in [-0.05, 0) is 37.4 Å². The van der Waals surface area contributed by atoms with Gasteiger partial charge in [0.2, 0.25) is 11.9 Å². The monoisotopic (exact) mass is 614 g/mol. The van der Waals surface area contributed by atoms with Gasteiger partial charge in [0.15, 0.2) is 5.82 Å². The highest BCUT2D eigenvalue weighted by molar-refractivity contribution is 6.68. The maximum atomic E-state index is 14.1. The van der Waals surface area contributed by atoms with Gasteiger partial charge in [-0.1, -0.05) is 41.9 Å². The Kier molecular flexibility index (Phi) is 9.85. The van der Waals surface area contributed by atoms with Crippen LogP contribution in [0.1, 0.15) is 5.56 Å². The third kappa shape index (κ3) is 7.40. The number of nitrogens with one attached hydrogen (secondary N) is 4. The molecule has 0 aliphatic carbocycles. The first-order valence-corrected chi connectivity index (χ1v) is 14.6. The fourth-order valence-corrected chi connectivity index (χ4v) is 5.02. The smallest absolute Gasteiger partial charge is 0.335 e. The molecule has 12 nitrogen and oxygen atoms in total. The molecule has 0 spiro atoms. The number of carbonyl (C=O) groups is 2. The van der Waals surface area contributed by atoms with E-state index in [9.17, 15) is 9.59 Å². The largest absolute Gasteiger partial charge is 0.392 e. The number of amides is 3. The number of urea groups is 1. The standard InChI is InChI=1S/C31H35ClN10O2/c1-34-20-26(28(32)33)37-30-35-19-22-21-41(24-9-4-3-5-10-24)31(44)42(29(22)38-30)25-11-6-8-23(18-25)36-27(43)12-7-13-40-16-14-39(2)15-17-40/h3-12,18-20,33-34H,13-17,21H2,1-2H3,(H,36,43)(H,35,37,38)/b12-7+,26-20+,33-28?. The average Bonchev–Trinajstić information content (AvgIpc) is 3.02. The highest BCUT2D eigenvalue weighted by Crippen LogP contribution is 2.37. The van der Waals surface area contributed by atoms with E-state index in [0.717, 1.165) is 31.9 Å². The third-order valence-corrected chi connectivity index (χ3v) is 7.45. The van der Waals surface area contributed by atoms with Gasteiger partial charge in [0.05, 0.1) is 17.9 Å². The van der Waals surface area contributed by atoms with Gasteiger partial charge in [0.1, 0.15) is 5.17 Å². The molecule has 0 radical (unpaired) electrons. The molecule has 228 valence electrons. The first-order valence-electron chi connectivity index (χ1n) is 14.2. The van der Waals surface area contributed by atoms with Crippen molar-refractivity contribution in [2.45, 2.75) is 6.54 Å². The predicted octanol–water partition coefficient (Wildman–Crippen LogP) is 4.19. The lowest BCUT2D eigenvalue weighted by Crippen LogP contribution is -2.45. The molecule has 0 unspecified atom stereocenters. The van der Waals surface area contributed by atoms with Gasteiger partial charge in [-0.3, -0.25) is 20.0 Å². The Balaban J connectivity index is 1.41. The lowest BCUT2D eigenvalue weighted by atomic mass is 10.1. The van der Waals surface area contributed by atoms with E-state index in [0.29, 0.717) is 29.3 Å². The van der Waals surface area contributed by atoms with Crippen LogP contribution in [0.4, 0.5) is 33.6 Å². The number of para-hydroxylation sites is 1. The molecule has 4 N–H and O–H groups in total. The number of halogens is 1. The van der Waals surface area contributed by atoms with Crippen LogP contribution in [0, 0.1) is 5.41 Å². The summed E-state index contributed by atoms with van der Waals surface area (Å²) in [5, 5.41) is 16.3. The average molecular weight is 615 g/mol. The SMILES string of the molecule is CN/C=C(/Nc1ncc2c(n1)N(c1cccc(NC(=O)/C=C/CN3CCN(C)CC3)c1)C(=O)N(c1ccccc1)C2)C(=N)Cl. The number of aromatic nitrogens is 2. The van der Waals surface area contributed by atoms with E-state index < -0.39 is 0 Å². The van der Waals surface area contributed by atoms with Gasteiger partial charge in [0.25, 0.3) is 0 Å². The van der Waals surface area contributed by atoms with E-state index in [-0.39, 0.29) is 35.3 Å². The zero-order valence-corrected chi connectivity index (χ0v) is 25.4. The molecule has 13 heteroatoms. The molecular formula is C31H35ClN10O2. The minimum absolute atomic E-state index is 0.163. The number of rotatable bonds is 10. The van der Waals surface area contributed by atoms with Crippen LogP contribution in [-0.2, 0) is 11.3 Å². The first-order chi connectivity index (χ1) is 21.3. The second kappa shape index (κ2) is 14.1. The molecule has 0 atom stereocenters. The van der Waals surface area contributed by atoms with Crippen LogP contribution in [0.5, 0.6) is 0 Å². The lowest BCUT2D eigenvalue weighted by molar-refractivity contribution is -0.111. The van der Waals surface area contributed by atoms with Gasteiger partial charge in [-0.2, -0.15) is 4.98 Å². The fraction of sp³-hybridized carbons (Fsp3) is 0.258. The molecule has 1 aromatic heterocycles. The molecule has 1 fully saturated rings. The highest BCUT2D eigenvalue weighted by Gasteiger charge is 2.34. The Morgan fingerprint density at radius 2 is 1.80 bits per heavy atom. The molecule has 44 heavy (non-hydrogen) atoms. The quantitative estimate of drug-likeness (QED) is 0.197. The molecule has 0 bridgehead atoms. The number of fused-ring (bicyclic) bond motifs is 1. The van der Waals surface area contributed by atoms with Gasteiger partial charge >= 0.3 is 6.03 Å². The second-order valence-electron chi connectivity index (χ2n) is 10.4. The van der Waals surface area contributed by atoms with Crippen molar-refractivity contribution >= 4 is 57.5 Å². The highest BCUT2D eigenvalue weighted by atomic mass is 35.5. The van der Waals surface area contributed by atoms with Crippen molar-refractivity contribution in [3.05, 3.63) is 90.4 Å². The molecule has 2 aromatic carbocycles. The maximum absolute atomic E-state index is 14.1. The zero-order chi connectivity index (χ0) is 31.1. The summed E-state index contributed by atoms with van der Waals surface area (Å²) in [6.07, 6.45) is 6.57. The van der Waals surface area contributed by atoms with Crippen molar-refractivity contribution in [3.63, 3.8) is 0 Å². The van der Waals surface area contributed by atoms with Gasteiger partial charge < -0.3 is 20.9 Å². The van der Waals surface area contributed by atoms with E-state index in [2.05, 4.69) is 42.8 Å². The van der Waals surface area contributed by atoms with Crippen molar-refractivity contribution < 1.29 is 9.59 Å². The van der Waals surface area contributed by atoms with Crippen LogP contribution in [0.25, 0.3) is 0 Å². The minimum atomic E-state index is -0.319. The van der Waals surface area contributed by atoms with Crippen LogP contribution in [0.2, 0.25) is 0 Å². The number of carbonyl (C=O) groups excluding carboxylic acids is 2. The Labute approximate surface area is 261 Å². The van der Waals surface area contributed by atoms with Crippen LogP contribution in [0.15, 0.2) is 84.8 Å². The number of benzene rings is 2. The topological polar surface area (TPSA) is 133 Å². The van der Waals surface area contributed by atoms with Gasteiger partial charge in [-0.25, -0.2) is 14.7 Å². The normalized spacial score (nSPS) is 16.2. The first kappa shape index (κ1) is 30.7. The van der Waals surface area contributed by atoms with Crippen molar-refractivity contribution in [2.75, 3.05) is 67.3 Å². The number of likely N-dealkylation sites (N-methyl/N-ethyl adjacent to an activating group) is 1. The fourth-order valence-electron chi connectivity index (χ4n) is 4.92. The summed E-state index contributed by atoms with van der Waals surface area (Å²) in [5.41, 5.74) is 2.74. The van der Waals surface area contributed by atoms with Crippen LogP contribution >= 0.6 is 11.6 Å². The minimum Gasteiger partial charge on any atom is -0.392 e. The Bertz CT molecular complexity index is 1570. The van der Waals surface area contributed by atoms with E-state index in [1.54, 1.807) is 48.5 Å². The third-order valence-electron chi connectivity index (χ3n) is 7.24. The van der Waals surface area contributed by atoms with Crippen LogP contribution < -0.4 is 25.8 Å². The number of allylic oxidation sites excluding steroid dienone is 1. The zero-order valence-electron chi connectivity index (χ0n) is 24.6. The Morgan fingerprint density at radius 3 is 2.52 bits per heavy atom. The Hall–Kier alpha value is -4.78. The number of piperazine rings is 1. The van der Waals surface area contributed by atoms with Crippen LogP contribution in [0.3, 0.4) is 0 Å². The summed E-state index contributed by atoms with van der Waals surface area (Å²) < 4.78 is 0. The van der Waals surface area contributed by atoms with E-state index in [1.807, 2.05) is 36.4 Å². The van der Waals surface area contributed by atoms with Crippen LogP contribution in [-0.4, -0.2) is 83.7 Å². The number of hydrogen-bond acceptors (Lipinski definition) is 9. The number of nitrogens with zero attached hydrogens (tertiary/aromatic N) is 6. The molecular weight excluding hydrogens is 580 g/mol. The van der Waals surface area contributed by atoms with Gasteiger partial charge in [-0.15, -0.1) is 0 Å². The van der Waals surface area contributed by atoms with Crippen molar-refractivity contribution in [1.82, 2.24) is 25.1 Å². The maximum Gasteiger partial charge on any atom is 0.335 e. The molecule has 5 rings (SSSR count). The summed E-state index contributed by atoms with van der Waals surface area (Å²) in [5.74, 6) is 0.283. The van der Waals surface area contributed by atoms with Crippen molar-refractivity contribution in [2.24, 2.45) is 0 Å². The van der Waals surface area contributed by atoms with E-state index in [1.165, 1.54) is 11.1 Å². The number of hydrogen-bond donors (Lipinski definition) is 4. The van der Waals surface area contributed by atoms with Gasteiger partial charge in [0, 0.05) is 75.2 Å². The van der Waals surface area contributed by atoms with Crippen molar-refractivity contribution in [1.29, 1.82) is 5.41 Å². The number of anilines is 5. The summed E-state index contributed by atoms with van der Waals surface area (Å²) in [7, 11) is 3.79. The van der Waals surface area contributed by atoms with Crippen molar-refractivity contribution in [3.8, 4) is 0 Å². The second-order valence-corrected chi connectivity index (χ2v) is 10.8. The Morgan fingerprint density at radius 1 is 1.05 bits per heavy atom. The summed E-state index contributed by atoms with van der Waals surface area (Å²) in [4.78, 5) is 43.6. The molecule has 2 aliphatic heterocycles. The lowest BCUT2D eigenvalue weighted by Gasteiger charge is -2.36. The molecule has 3 aromatic rings. The molecule has 0 saturated carbocycles. The molecule has 1 saturated heterocycles. The summed E-state index contributed by atoms with van der Waals surface area (Å²) in [6.45, 7) is 4.93. The summed E-state index contributed by atoms with van der Waals surface area (Å²) >= 11 is 5.93. The van der Waals surface area contributed by atoms with E-state index >= 15 is 0 Å². The molecule has 3 heterocycles. The molecule has 2 aliphatic rings.